The maximum absolute atomic E-state index is 11.8. The van der Waals surface area contributed by atoms with Crippen LogP contribution in [0.1, 0.15) is 15.9 Å². The summed E-state index contributed by atoms with van der Waals surface area (Å²) in [6, 6.07) is 5.29. The number of benzene rings is 1. The molecule has 1 aromatic heterocycles. The van der Waals surface area contributed by atoms with E-state index >= 15 is 0 Å². The Kier molecular flexibility index (Phi) is 2.92. The molecule has 1 heterocycles. The number of aryl methyl sites for hydroxylation is 1. The fourth-order valence-electron chi connectivity index (χ4n) is 1.31. The second-order valence-corrected chi connectivity index (χ2v) is 3.80. The fourth-order valence-corrected chi connectivity index (χ4v) is 1.63. The maximum atomic E-state index is 11.8. The van der Waals surface area contributed by atoms with Crippen molar-refractivity contribution in [3.05, 3.63) is 53.1 Å². The monoisotopic (exact) mass is 235 g/mol. The van der Waals surface area contributed by atoms with E-state index in [0.717, 1.165) is 5.56 Å². The van der Waals surface area contributed by atoms with Crippen molar-refractivity contribution >= 4 is 17.5 Å². The van der Waals surface area contributed by atoms with Gasteiger partial charge in [-0.1, -0.05) is 17.7 Å². The maximum Gasteiger partial charge on any atom is 0.271 e. The highest BCUT2D eigenvalue weighted by Gasteiger charge is 2.09. The normalized spacial score (nSPS) is 10.1. The lowest BCUT2D eigenvalue weighted by Crippen LogP contribution is -2.21. The minimum absolute atomic E-state index is 0.261. The van der Waals surface area contributed by atoms with Gasteiger partial charge in [0.25, 0.3) is 5.91 Å². The van der Waals surface area contributed by atoms with Gasteiger partial charge >= 0.3 is 0 Å². The number of carbonyl (C=O) groups is 1. The van der Waals surface area contributed by atoms with Gasteiger partial charge in [0.2, 0.25) is 0 Å². The van der Waals surface area contributed by atoms with Gasteiger partial charge < -0.3 is 0 Å². The van der Waals surface area contributed by atoms with Crippen LogP contribution in [0.5, 0.6) is 0 Å². The van der Waals surface area contributed by atoms with Crippen LogP contribution in [0.4, 0.5) is 0 Å². The highest BCUT2D eigenvalue weighted by molar-refractivity contribution is 6.34. The van der Waals surface area contributed by atoms with Crippen molar-refractivity contribution in [2.75, 3.05) is 5.43 Å². The average molecular weight is 236 g/mol. The van der Waals surface area contributed by atoms with Crippen LogP contribution in [0.15, 0.2) is 36.9 Å². The van der Waals surface area contributed by atoms with Gasteiger partial charge in [0.1, 0.15) is 6.33 Å². The Morgan fingerprint density at radius 1 is 1.50 bits per heavy atom. The van der Waals surface area contributed by atoms with Gasteiger partial charge in [0.05, 0.1) is 10.6 Å². The van der Waals surface area contributed by atoms with E-state index in [2.05, 4.69) is 10.4 Å². The molecule has 16 heavy (non-hydrogen) atoms. The first-order chi connectivity index (χ1) is 7.66. The predicted molar refractivity (Wildman–Crippen MR) is 62.1 cm³/mol. The van der Waals surface area contributed by atoms with Crippen LogP contribution in [0, 0.1) is 6.92 Å². The van der Waals surface area contributed by atoms with E-state index in [1.807, 2.05) is 13.0 Å². The molecule has 0 aliphatic heterocycles. The zero-order chi connectivity index (χ0) is 11.5. The minimum Gasteiger partial charge on any atom is -0.267 e. The van der Waals surface area contributed by atoms with Gasteiger partial charge in [0, 0.05) is 12.4 Å². The molecule has 82 valence electrons. The van der Waals surface area contributed by atoms with E-state index < -0.39 is 0 Å². The Morgan fingerprint density at radius 2 is 2.31 bits per heavy atom. The van der Waals surface area contributed by atoms with Gasteiger partial charge in [0.15, 0.2) is 0 Å². The van der Waals surface area contributed by atoms with Crippen molar-refractivity contribution < 1.29 is 4.79 Å². The number of rotatable bonds is 2. The second kappa shape index (κ2) is 4.37. The molecule has 0 saturated carbocycles. The molecular weight excluding hydrogens is 226 g/mol. The van der Waals surface area contributed by atoms with Crippen molar-refractivity contribution in [1.82, 2.24) is 9.66 Å². The number of amides is 1. The number of nitrogens with zero attached hydrogens (tertiary/aromatic N) is 2. The first kappa shape index (κ1) is 10.7. The molecular formula is C11H10ClN3O. The number of aromatic nitrogens is 2. The molecule has 0 unspecified atom stereocenters. The highest BCUT2D eigenvalue weighted by Crippen LogP contribution is 2.17. The predicted octanol–water partition coefficient (Wildman–Crippen LogP) is 2.23. The standard InChI is InChI=1S/C11H10ClN3O/c1-8-2-3-9(10(12)6-8)11(16)14-15-5-4-13-7-15/h2-7H,1H3,(H,14,16). The molecule has 1 N–H and O–H groups in total. The largest absolute Gasteiger partial charge is 0.271 e. The van der Waals surface area contributed by atoms with Crippen molar-refractivity contribution in [2.24, 2.45) is 0 Å². The molecule has 1 aromatic carbocycles. The molecule has 0 fully saturated rings. The number of hydrogen-bond donors (Lipinski definition) is 1. The quantitative estimate of drug-likeness (QED) is 0.868. The lowest BCUT2D eigenvalue weighted by atomic mass is 10.1. The number of halogens is 1. The van der Waals surface area contributed by atoms with Crippen LogP contribution in [0.3, 0.4) is 0 Å². The second-order valence-electron chi connectivity index (χ2n) is 3.39. The van der Waals surface area contributed by atoms with E-state index in [1.165, 1.54) is 11.0 Å². The Balaban J connectivity index is 2.21. The van der Waals surface area contributed by atoms with Crippen LogP contribution < -0.4 is 5.43 Å². The average Bonchev–Trinajstić information content (AvgIpc) is 2.70. The molecule has 0 atom stereocenters. The summed E-state index contributed by atoms with van der Waals surface area (Å²) in [5, 5.41) is 0.442. The highest BCUT2D eigenvalue weighted by atomic mass is 35.5. The summed E-state index contributed by atoms with van der Waals surface area (Å²) in [7, 11) is 0. The lowest BCUT2D eigenvalue weighted by molar-refractivity contribution is 0.101. The van der Waals surface area contributed by atoms with Crippen LogP contribution in [-0.2, 0) is 0 Å². The summed E-state index contributed by atoms with van der Waals surface area (Å²) in [5.41, 5.74) is 4.09. The molecule has 4 nitrogen and oxygen atoms in total. The molecule has 0 spiro atoms. The third-order valence-corrected chi connectivity index (χ3v) is 2.42. The molecule has 0 saturated heterocycles. The fraction of sp³-hybridized carbons (Fsp3) is 0.0909. The Morgan fingerprint density at radius 3 is 2.94 bits per heavy atom. The van der Waals surface area contributed by atoms with Gasteiger partial charge in [-0.25, -0.2) is 9.66 Å². The van der Waals surface area contributed by atoms with E-state index in [4.69, 9.17) is 11.6 Å². The lowest BCUT2D eigenvalue weighted by Gasteiger charge is -2.07. The first-order valence-corrected chi connectivity index (χ1v) is 5.10. The molecule has 0 radical (unpaired) electrons. The number of imidazole rings is 1. The summed E-state index contributed by atoms with van der Waals surface area (Å²) in [5.74, 6) is -0.261. The topological polar surface area (TPSA) is 46.9 Å². The molecule has 2 rings (SSSR count). The number of nitrogens with one attached hydrogen (secondary N) is 1. The van der Waals surface area contributed by atoms with Crippen LogP contribution in [0.2, 0.25) is 5.02 Å². The van der Waals surface area contributed by atoms with Crippen LogP contribution >= 0.6 is 11.6 Å². The van der Waals surface area contributed by atoms with Gasteiger partial charge in [-0.05, 0) is 24.6 Å². The van der Waals surface area contributed by atoms with Crippen molar-refractivity contribution in [1.29, 1.82) is 0 Å². The van der Waals surface area contributed by atoms with Gasteiger partial charge in [-0.2, -0.15) is 0 Å². The van der Waals surface area contributed by atoms with Crippen LogP contribution in [0.25, 0.3) is 0 Å². The molecule has 2 aromatic rings. The van der Waals surface area contributed by atoms with Crippen molar-refractivity contribution in [2.45, 2.75) is 6.92 Å². The number of hydrogen-bond acceptors (Lipinski definition) is 2. The summed E-state index contributed by atoms with van der Waals surface area (Å²) >= 11 is 5.98. The van der Waals surface area contributed by atoms with Gasteiger partial charge in [-0.15, -0.1) is 0 Å². The Labute approximate surface area is 97.8 Å². The smallest absolute Gasteiger partial charge is 0.267 e. The van der Waals surface area contributed by atoms with Crippen molar-refractivity contribution in [3.63, 3.8) is 0 Å². The summed E-state index contributed by atoms with van der Waals surface area (Å²) < 4.78 is 1.47. The van der Waals surface area contributed by atoms with E-state index in [-0.39, 0.29) is 5.91 Å². The SMILES string of the molecule is Cc1ccc(C(=O)Nn2ccnc2)c(Cl)c1. The van der Waals surface area contributed by atoms with E-state index in [9.17, 15) is 4.79 Å². The number of carbonyl (C=O) groups excluding carboxylic acids is 1. The third kappa shape index (κ3) is 2.23. The van der Waals surface area contributed by atoms with Gasteiger partial charge in [-0.3, -0.25) is 10.2 Å². The Hall–Kier alpha value is -1.81. The Bertz CT molecular complexity index is 508. The molecule has 5 heteroatoms. The van der Waals surface area contributed by atoms with Crippen LogP contribution in [-0.4, -0.2) is 15.6 Å². The summed E-state index contributed by atoms with van der Waals surface area (Å²) in [4.78, 5) is 15.6. The zero-order valence-corrected chi connectivity index (χ0v) is 9.40. The first-order valence-electron chi connectivity index (χ1n) is 4.72. The molecule has 0 bridgehead atoms. The van der Waals surface area contributed by atoms with E-state index in [0.29, 0.717) is 10.6 Å². The summed E-state index contributed by atoms with van der Waals surface area (Å²) in [6.45, 7) is 1.92. The third-order valence-electron chi connectivity index (χ3n) is 2.10. The molecule has 0 aliphatic rings. The zero-order valence-electron chi connectivity index (χ0n) is 8.64. The van der Waals surface area contributed by atoms with Crippen molar-refractivity contribution in [3.8, 4) is 0 Å². The minimum atomic E-state index is -0.261. The molecule has 0 aliphatic carbocycles. The summed E-state index contributed by atoms with van der Waals surface area (Å²) in [6.07, 6.45) is 4.72. The molecule has 1 amide bonds. The van der Waals surface area contributed by atoms with E-state index in [1.54, 1.807) is 24.5 Å².